The van der Waals surface area contributed by atoms with Gasteiger partial charge in [-0.15, -0.1) is 0 Å². The van der Waals surface area contributed by atoms with Gasteiger partial charge in [-0.05, 0) is 44.4 Å². The highest BCUT2D eigenvalue weighted by atomic mass is 32.2. The third kappa shape index (κ3) is 5.05. The minimum atomic E-state index is -4.02. The molecule has 0 saturated carbocycles. The van der Waals surface area contributed by atoms with E-state index < -0.39 is 10.0 Å². The zero-order valence-corrected chi connectivity index (χ0v) is 17.9. The minimum Gasteiger partial charge on any atom is -0.495 e. The van der Waals surface area contributed by atoms with Crippen molar-refractivity contribution in [1.82, 2.24) is 15.2 Å². The topological polar surface area (TPSA) is 101 Å². The van der Waals surface area contributed by atoms with Crippen LogP contribution in [0.25, 0.3) is 10.9 Å². The lowest BCUT2D eigenvalue weighted by molar-refractivity contribution is 0.0951. The summed E-state index contributed by atoms with van der Waals surface area (Å²) in [5.41, 5.74) is 1.30. The lowest BCUT2D eigenvalue weighted by Gasteiger charge is -2.14. The molecular weight excluding hydrogens is 404 g/mol. The Morgan fingerprint density at radius 3 is 2.63 bits per heavy atom. The van der Waals surface area contributed by atoms with Crippen molar-refractivity contribution in [2.24, 2.45) is 0 Å². The number of sulfonamides is 1. The van der Waals surface area contributed by atoms with Gasteiger partial charge in [-0.2, -0.15) is 0 Å². The van der Waals surface area contributed by atoms with Crippen molar-refractivity contribution in [3.63, 3.8) is 0 Å². The highest BCUT2D eigenvalue weighted by Gasteiger charge is 2.22. The van der Waals surface area contributed by atoms with E-state index in [1.807, 2.05) is 43.3 Å². The predicted molar refractivity (Wildman–Crippen MR) is 116 cm³/mol. The molecule has 0 aliphatic carbocycles. The molecule has 2 N–H and O–H groups in total. The van der Waals surface area contributed by atoms with E-state index >= 15 is 0 Å². The molecule has 3 rings (SSSR count). The first-order valence-electron chi connectivity index (χ1n) is 9.29. The molecule has 158 valence electrons. The van der Waals surface area contributed by atoms with Gasteiger partial charge in [0.2, 0.25) is 0 Å². The maximum absolute atomic E-state index is 13.0. The zero-order chi connectivity index (χ0) is 21.7. The second-order valence-electron chi connectivity index (χ2n) is 6.95. The number of carbonyl (C=O) groups is 1. The zero-order valence-electron chi connectivity index (χ0n) is 17.0. The van der Waals surface area contributed by atoms with Crippen LogP contribution < -0.4 is 14.8 Å². The number of rotatable bonds is 8. The van der Waals surface area contributed by atoms with E-state index in [0.29, 0.717) is 18.8 Å². The Bertz CT molecular complexity index is 1160. The summed E-state index contributed by atoms with van der Waals surface area (Å²) in [6, 6.07) is 13.4. The summed E-state index contributed by atoms with van der Waals surface area (Å²) in [6.45, 7) is 1.12. The van der Waals surface area contributed by atoms with Crippen molar-refractivity contribution in [3.8, 4) is 5.75 Å². The summed E-state index contributed by atoms with van der Waals surface area (Å²) in [7, 11) is 1.16. The Hall–Kier alpha value is -3.17. The molecule has 0 aliphatic rings. The summed E-state index contributed by atoms with van der Waals surface area (Å²) in [4.78, 5) is 18.5. The van der Waals surface area contributed by atoms with Gasteiger partial charge in [0, 0.05) is 24.0 Å². The molecular formula is C21H24N4O4S. The molecule has 30 heavy (non-hydrogen) atoms. The van der Waals surface area contributed by atoms with E-state index in [1.165, 1.54) is 31.5 Å². The van der Waals surface area contributed by atoms with Gasteiger partial charge >= 0.3 is 0 Å². The average Bonchev–Trinajstić information content (AvgIpc) is 2.72. The molecule has 0 bridgehead atoms. The van der Waals surface area contributed by atoms with Gasteiger partial charge in [0.15, 0.2) is 0 Å². The highest BCUT2D eigenvalue weighted by molar-refractivity contribution is 7.92. The quantitative estimate of drug-likeness (QED) is 0.571. The van der Waals surface area contributed by atoms with Crippen LogP contribution in [0.4, 0.5) is 5.69 Å². The van der Waals surface area contributed by atoms with Crippen LogP contribution in [0.1, 0.15) is 10.4 Å². The number of nitrogens with one attached hydrogen (secondary N) is 2. The van der Waals surface area contributed by atoms with Crippen LogP contribution in [-0.4, -0.2) is 58.5 Å². The standard InChI is InChI=1S/C21H24N4O4S/c1-25(2)11-10-22-21(26)16-8-9-19(29-3)20(13-16)30(27,28)24-17-12-15-6-4-5-7-18(15)23-14-17/h4-9,12-14,24H,10-11H2,1-3H3,(H,22,26). The monoisotopic (exact) mass is 428 g/mol. The van der Waals surface area contributed by atoms with Gasteiger partial charge in [-0.3, -0.25) is 14.5 Å². The molecule has 0 fully saturated rings. The second-order valence-corrected chi connectivity index (χ2v) is 8.60. The SMILES string of the molecule is COc1ccc(C(=O)NCCN(C)C)cc1S(=O)(=O)Nc1cnc2ccccc2c1. The maximum Gasteiger partial charge on any atom is 0.265 e. The van der Waals surface area contributed by atoms with Crippen LogP contribution in [0.2, 0.25) is 0 Å². The number of hydrogen-bond donors (Lipinski definition) is 2. The fourth-order valence-corrected chi connectivity index (χ4v) is 4.09. The number of nitrogens with zero attached hydrogens (tertiary/aromatic N) is 2. The molecule has 1 amide bonds. The van der Waals surface area contributed by atoms with Crippen molar-refractivity contribution in [1.29, 1.82) is 0 Å². The van der Waals surface area contributed by atoms with Crippen molar-refractivity contribution in [2.45, 2.75) is 4.90 Å². The van der Waals surface area contributed by atoms with Crippen molar-refractivity contribution in [2.75, 3.05) is 39.0 Å². The first-order valence-corrected chi connectivity index (χ1v) is 10.8. The summed E-state index contributed by atoms with van der Waals surface area (Å²) >= 11 is 0. The molecule has 0 unspecified atom stereocenters. The fourth-order valence-electron chi connectivity index (χ4n) is 2.86. The molecule has 0 saturated heterocycles. The van der Waals surface area contributed by atoms with Gasteiger partial charge in [0.25, 0.3) is 15.9 Å². The minimum absolute atomic E-state index is 0.126. The van der Waals surface area contributed by atoms with Gasteiger partial charge < -0.3 is 15.0 Å². The molecule has 9 heteroatoms. The number of fused-ring (bicyclic) bond motifs is 1. The number of methoxy groups -OCH3 is 1. The molecule has 0 aliphatic heterocycles. The molecule has 0 atom stereocenters. The highest BCUT2D eigenvalue weighted by Crippen LogP contribution is 2.27. The number of likely N-dealkylation sites (N-methyl/N-ethyl adjacent to an activating group) is 1. The first-order chi connectivity index (χ1) is 14.3. The molecule has 0 spiro atoms. The Morgan fingerprint density at radius 1 is 1.13 bits per heavy atom. The number of ether oxygens (including phenoxy) is 1. The second kappa shape index (κ2) is 9.10. The molecule has 1 aromatic heterocycles. The van der Waals surface area contributed by atoms with E-state index in [1.54, 1.807) is 6.07 Å². The maximum atomic E-state index is 13.0. The first kappa shape index (κ1) is 21.5. The van der Waals surface area contributed by atoms with E-state index in [-0.39, 0.29) is 22.1 Å². The number of para-hydroxylation sites is 1. The Balaban J connectivity index is 1.88. The number of amides is 1. The van der Waals surface area contributed by atoms with E-state index in [9.17, 15) is 13.2 Å². The van der Waals surface area contributed by atoms with Crippen molar-refractivity contribution < 1.29 is 17.9 Å². The largest absolute Gasteiger partial charge is 0.495 e. The van der Waals surface area contributed by atoms with Gasteiger partial charge in [0.1, 0.15) is 10.6 Å². The molecule has 2 aromatic carbocycles. The summed E-state index contributed by atoms with van der Waals surface area (Å²) in [5, 5.41) is 3.57. The smallest absolute Gasteiger partial charge is 0.265 e. The molecule has 0 radical (unpaired) electrons. The van der Waals surface area contributed by atoms with Gasteiger partial charge in [-0.1, -0.05) is 18.2 Å². The summed E-state index contributed by atoms with van der Waals surface area (Å²) < 4.78 is 33.8. The Labute approximate surface area is 175 Å². The number of aromatic nitrogens is 1. The Morgan fingerprint density at radius 2 is 1.90 bits per heavy atom. The van der Waals surface area contributed by atoms with Gasteiger partial charge in [-0.25, -0.2) is 8.42 Å². The van der Waals surface area contributed by atoms with E-state index in [4.69, 9.17) is 4.74 Å². The third-order valence-electron chi connectivity index (χ3n) is 4.40. The number of anilines is 1. The van der Waals surface area contributed by atoms with Crippen LogP contribution in [0, 0.1) is 0 Å². The van der Waals surface area contributed by atoms with Crippen molar-refractivity contribution in [3.05, 3.63) is 60.3 Å². The van der Waals surface area contributed by atoms with Crippen molar-refractivity contribution >= 4 is 32.5 Å². The predicted octanol–water partition coefficient (Wildman–Crippen LogP) is 2.34. The summed E-state index contributed by atoms with van der Waals surface area (Å²) in [6.07, 6.45) is 1.45. The third-order valence-corrected chi connectivity index (χ3v) is 5.81. The number of carbonyl (C=O) groups excluding carboxylic acids is 1. The summed E-state index contributed by atoms with van der Waals surface area (Å²) in [5.74, 6) is -0.218. The molecule has 3 aromatic rings. The lowest BCUT2D eigenvalue weighted by Crippen LogP contribution is -2.31. The molecule has 1 heterocycles. The Kier molecular flexibility index (Phi) is 6.53. The van der Waals surface area contributed by atoms with Crippen LogP contribution in [0.3, 0.4) is 0 Å². The van der Waals surface area contributed by atoms with Crippen LogP contribution in [0.5, 0.6) is 5.75 Å². The van der Waals surface area contributed by atoms with Crippen LogP contribution >= 0.6 is 0 Å². The van der Waals surface area contributed by atoms with Crippen LogP contribution in [-0.2, 0) is 10.0 Å². The normalized spacial score (nSPS) is 11.5. The molecule has 8 nitrogen and oxygen atoms in total. The average molecular weight is 429 g/mol. The van der Waals surface area contributed by atoms with Gasteiger partial charge in [0.05, 0.1) is 24.5 Å². The van der Waals surface area contributed by atoms with E-state index in [2.05, 4.69) is 15.0 Å². The lowest BCUT2D eigenvalue weighted by atomic mass is 10.2. The van der Waals surface area contributed by atoms with Crippen LogP contribution in [0.15, 0.2) is 59.6 Å². The number of pyridine rings is 1. The fraction of sp³-hybridized carbons (Fsp3) is 0.238. The number of hydrogen-bond acceptors (Lipinski definition) is 6. The van der Waals surface area contributed by atoms with E-state index in [0.717, 1.165) is 10.9 Å². The number of benzene rings is 2.